The number of nitrogens with one attached hydrogen (secondary N) is 1. The van der Waals surface area contributed by atoms with Crippen LogP contribution in [0.25, 0.3) is 0 Å². The number of aryl methyl sites for hydroxylation is 1. The van der Waals surface area contributed by atoms with Crippen molar-refractivity contribution in [1.29, 1.82) is 0 Å². The van der Waals surface area contributed by atoms with Crippen LogP contribution in [0.2, 0.25) is 0 Å². The van der Waals surface area contributed by atoms with Crippen molar-refractivity contribution >= 4 is 11.9 Å². The molecular formula is C19H25N3O3. The number of carbonyl (C=O) groups excluding carboxylic acids is 1. The van der Waals surface area contributed by atoms with Crippen LogP contribution in [0.1, 0.15) is 67.2 Å². The number of aromatic nitrogens is 2. The number of amides is 1. The molecule has 1 aromatic heterocycles. The van der Waals surface area contributed by atoms with Crippen LogP contribution in [-0.2, 0) is 11.3 Å². The van der Waals surface area contributed by atoms with Gasteiger partial charge in [-0.25, -0.2) is 0 Å². The highest BCUT2D eigenvalue weighted by Gasteiger charge is 2.14. The van der Waals surface area contributed by atoms with Crippen molar-refractivity contribution in [2.24, 2.45) is 0 Å². The van der Waals surface area contributed by atoms with Crippen molar-refractivity contribution in [2.45, 2.75) is 52.1 Å². The molecule has 2 unspecified atom stereocenters. The van der Waals surface area contributed by atoms with E-state index in [-0.39, 0.29) is 30.6 Å². The van der Waals surface area contributed by atoms with Gasteiger partial charge >= 0.3 is 5.97 Å². The molecular weight excluding hydrogens is 318 g/mol. The number of carboxylic acids is 1. The minimum atomic E-state index is -0.893. The maximum absolute atomic E-state index is 12.3. The fourth-order valence-electron chi connectivity index (χ4n) is 2.52. The minimum absolute atomic E-state index is 0.0261. The molecule has 0 radical (unpaired) electrons. The van der Waals surface area contributed by atoms with Crippen LogP contribution in [0.4, 0.5) is 0 Å². The molecule has 2 aromatic rings. The van der Waals surface area contributed by atoms with Crippen molar-refractivity contribution in [1.82, 2.24) is 15.1 Å². The fourth-order valence-corrected chi connectivity index (χ4v) is 2.52. The van der Waals surface area contributed by atoms with Crippen LogP contribution in [0.15, 0.2) is 36.5 Å². The second kappa shape index (κ2) is 8.46. The van der Waals surface area contributed by atoms with Crippen molar-refractivity contribution < 1.29 is 14.7 Å². The average molecular weight is 343 g/mol. The van der Waals surface area contributed by atoms with Gasteiger partial charge in [0, 0.05) is 6.20 Å². The molecule has 0 saturated carbocycles. The number of aliphatic carboxylic acids is 1. The third kappa shape index (κ3) is 5.17. The van der Waals surface area contributed by atoms with E-state index in [0.29, 0.717) is 5.92 Å². The topological polar surface area (TPSA) is 84.2 Å². The highest BCUT2D eigenvalue weighted by molar-refractivity contribution is 5.92. The molecule has 1 amide bonds. The highest BCUT2D eigenvalue weighted by Crippen LogP contribution is 2.21. The Hall–Kier alpha value is -2.63. The van der Waals surface area contributed by atoms with Crippen LogP contribution in [0, 0.1) is 0 Å². The summed E-state index contributed by atoms with van der Waals surface area (Å²) in [5, 5.41) is 15.7. The summed E-state index contributed by atoms with van der Waals surface area (Å²) < 4.78 is 1.47. The molecule has 0 spiro atoms. The van der Waals surface area contributed by atoms with Gasteiger partial charge in [-0.05, 0) is 36.5 Å². The number of rotatable bonds is 8. The Bertz CT molecular complexity index is 722. The maximum atomic E-state index is 12.3. The lowest BCUT2D eigenvalue weighted by Gasteiger charge is -2.15. The average Bonchev–Trinajstić information content (AvgIpc) is 3.08. The molecule has 0 aliphatic carbocycles. The van der Waals surface area contributed by atoms with E-state index in [9.17, 15) is 9.59 Å². The second-order valence-corrected chi connectivity index (χ2v) is 6.28. The Labute approximate surface area is 147 Å². The Morgan fingerprint density at radius 3 is 2.40 bits per heavy atom. The molecule has 0 fully saturated rings. The summed E-state index contributed by atoms with van der Waals surface area (Å²) in [7, 11) is 0. The Balaban J connectivity index is 1.96. The van der Waals surface area contributed by atoms with Crippen LogP contribution >= 0.6 is 0 Å². The van der Waals surface area contributed by atoms with Crippen molar-refractivity contribution in [3.63, 3.8) is 0 Å². The predicted molar refractivity (Wildman–Crippen MR) is 95.5 cm³/mol. The molecule has 134 valence electrons. The molecule has 2 rings (SSSR count). The molecule has 2 atom stereocenters. The molecule has 0 saturated heterocycles. The molecule has 1 heterocycles. The third-order valence-electron chi connectivity index (χ3n) is 4.39. The number of carboxylic acid groups (broad SMARTS) is 1. The lowest BCUT2D eigenvalue weighted by atomic mass is 9.96. The van der Waals surface area contributed by atoms with Gasteiger partial charge in [0.05, 0.1) is 19.0 Å². The minimum Gasteiger partial charge on any atom is -0.481 e. The quantitative estimate of drug-likeness (QED) is 0.770. The van der Waals surface area contributed by atoms with E-state index < -0.39 is 5.97 Å². The monoisotopic (exact) mass is 343 g/mol. The van der Waals surface area contributed by atoms with Gasteiger partial charge in [0.15, 0.2) is 0 Å². The zero-order chi connectivity index (χ0) is 18.4. The van der Waals surface area contributed by atoms with Gasteiger partial charge in [0.2, 0.25) is 0 Å². The van der Waals surface area contributed by atoms with Gasteiger partial charge < -0.3 is 10.4 Å². The van der Waals surface area contributed by atoms with Gasteiger partial charge in [-0.3, -0.25) is 14.3 Å². The van der Waals surface area contributed by atoms with Crippen LogP contribution in [0.5, 0.6) is 0 Å². The molecule has 0 aliphatic heterocycles. The molecule has 1 aromatic carbocycles. The van der Waals surface area contributed by atoms with Crippen LogP contribution < -0.4 is 5.32 Å². The van der Waals surface area contributed by atoms with Gasteiger partial charge in [0.25, 0.3) is 5.91 Å². The SMILES string of the molecule is CCC(C)c1ccc(C(C)NC(=O)c2ccn(CCC(=O)O)n2)cc1. The van der Waals surface area contributed by atoms with Crippen LogP contribution in [-0.4, -0.2) is 26.8 Å². The summed E-state index contributed by atoms with van der Waals surface area (Å²) >= 11 is 0. The van der Waals surface area contributed by atoms with E-state index >= 15 is 0 Å². The Morgan fingerprint density at radius 1 is 1.16 bits per heavy atom. The molecule has 2 N–H and O–H groups in total. The summed E-state index contributed by atoms with van der Waals surface area (Å²) in [4.78, 5) is 22.9. The van der Waals surface area contributed by atoms with Crippen molar-refractivity contribution in [3.8, 4) is 0 Å². The molecule has 6 nitrogen and oxygen atoms in total. The summed E-state index contributed by atoms with van der Waals surface area (Å²) in [6, 6.07) is 9.74. The Kier molecular flexibility index (Phi) is 6.33. The largest absolute Gasteiger partial charge is 0.481 e. The first-order valence-corrected chi connectivity index (χ1v) is 8.56. The Morgan fingerprint density at radius 2 is 1.80 bits per heavy atom. The summed E-state index contributed by atoms with van der Waals surface area (Å²) in [6.45, 7) is 6.53. The summed E-state index contributed by atoms with van der Waals surface area (Å²) in [5.41, 5.74) is 2.61. The van der Waals surface area contributed by atoms with Crippen LogP contribution in [0.3, 0.4) is 0 Å². The number of nitrogens with zero attached hydrogens (tertiary/aromatic N) is 2. The van der Waals surface area contributed by atoms with E-state index in [1.165, 1.54) is 10.2 Å². The standard InChI is InChI=1S/C19H25N3O3/c1-4-13(2)15-5-7-16(8-6-15)14(3)20-19(25)17-9-11-22(21-17)12-10-18(23)24/h5-9,11,13-14H,4,10,12H2,1-3H3,(H,20,25)(H,23,24). The molecule has 0 aliphatic rings. The summed E-state index contributed by atoms with van der Waals surface area (Å²) in [5.74, 6) is -0.641. The number of benzene rings is 1. The number of hydrogen-bond donors (Lipinski definition) is 2. The fraction of sp³-hybridized carbons (Fsp3) is 0.421. The number of hydrogen-bond acceptors (Lipinski definition) is 3. The maximum Gasteiger partial charge on any atom is 0.305 e. The lowest BCUT2D eigenvalue weighted by molar-refractivity contribution is -0.137. The van der Waals surface area contributed by atoms with Gasteiger partial charge in [-0.15, -0.1) is 0 Å². The predicted octanol–water partition coefficient (Wildman–Crippen LogP) is 3.36. The van der Waals surface area contributed by atoms with E-state index in [4.69, 9.17) is 5.11 Å². The zero-order valence-electron chi connectivity index (χ0n) is 14.9. The second-order valence-electron chi connectivity index (χ2n) is 6.28. The summed E-state index contributed by atoms with van der Waals surface area (Å²) in [6.07, 6.45) is 2.68. The van der Waals surface area contributed by atoms with Crippen molar-refractivity contribution in [3.05, 3.63) is 53.3 Å². The van der Waals surface area contributed by atoms with E-state index in [1.54, 1.807) is 12.3 Å². The number of carbonyl (C=O) groups is 2. The molecule has 0 bridgehead atoms. The third-order valence-corrected chi connectivity index (χ3v) is 4.39. The van der Waals surface area contributed by atoms with Gasteiger partial charge in [0.1, 0.15) is 5.69 Å². The molecule has 25 heavy (non-hydrogen) atoms. The van der Waals surface area contributed by atoms with Gasteiger partial charge in [-0.2, -0.15) is 5.10 Å². The van der Waals surface area contributed by atoms with E-state index in [2.05, 4.69) is 36.4 Å². The normalized spacial score (nSPS) is 13.2. The lowest BCUT2D eigenvalue weighted by Crippen LogP contribution is -2.27. The zero-order valence-corrected chi connectivity index (χ0v) is 14.9. The first-order valence-electron chi connectivity index (χ1n) is 8.56. The molecule has 6 heteroatoms. The van der Waals surface area contributed by atoms with Crippen molar-refractivity contribution in [2.75, 3.05) is 0 Å². The van der Waals surface area contributed by atoms with Gasteiger partial charge in [-0.1, -0.05) is 38.1 Å². The van der Waals surface area contributed by atoms with E-state index in [0.717, 1.165) is 12.0 Å². The first kappa shape index (κ1) is 18.7. The smallest absolute Gasteiger partial charge is 0.305 e. The van der Waals surface area contributed by atoms with E-state index in [1.807, 2.05) is 19.1 Å². The highest BCUT2D eigenvalue weighted by atomic mass is 16.4. The first-order chi connectivity index (χ1) is 11.9.